The zero-order valence-corrected chi connectivity index (χ0v) is 17.7. The van der Waals surface area contributed by atoms with E-state index in [2.05, 4.69) is 33.7 Å². The van der Waals surface area contributed by atoms with Crippen LogP contribution in [0.15, 0.2) is 136 Å². The molecule has 6 aromatic rings. The maximum Gasteiger partial charge on any atom is 0.123 e. The van der Waals surface area contributed by atoms with E-state index in [0.29, 0.717) is 0 Å². The van der Waals surface area contributed by atoms with Crippen molar-refractivity contribution in [1.29, 1.82) is 0 Å². The van der Waals surface area contributed by atoms with Gasteiger partial charge in [-0.2, -0.15) is 16.4 Å². The maximum absolute atomic E-state index is 4.58. The first-order valence-electron chi connectivity index (χ1n) is 8.64. The molecule has 7 nitrogen and oxygen atoms in total. The fraction of sp³-hybridized carbons (Fsp3) is 0. The van der Waals surface area contributed by atoms with Gasteiger partial charge in [0.2, 0.25) is 0 Å². The Morgan fingerprint density at radius 2 is 1.43 bits per heavy atom. The van der Waals surface area contributed by atoms with Crippen LogP contribution in [-0.4, -0.2) is 24.7 Å². The van der Waals surface area contributed by atoms with Crippen LogP contribution in [-0.2, 0) is 0 Å². The minimum Gasteiger partial charge on any atom is -0.473 e. The molecular weight excluding hydrogens is 418 g/mol. The molecule has 0 saturated heterocycles. The molecule has 9 heteroatoms. The van der Waals surface area contributed by atoms with E-state index >= 15 is 0 Å². The number of thiophene rings is 1. The second-order valence-corrected chi connectivity index (χ2v) is 6.12. The molecule has 0 fully saturated rings. The Bertz CT molecular complexity index is 582. The molecule has 0 bridgehead atoms. The van der Waals surface area contributed by atoms with E-state index in [1.165, 1.54) is 17.8 Å². The highest BCUT2D eigenvalue weighted by Gasteiger charge is 1.61. The van der Waals surface area contributed by atoms with E-state index in [1.54, 1.807) is 54.7 Å². The highest BCUT2D eigenvalue weighted by atomic mass is 32.1. The van der Waals surface area contributed by atoms with Gasteiger partial charge in [0.05, 0.1) is 18.7 Å². The van der Waals surface area contributed by atoms with Crippen molar-refractivity contribution in [3.63, 3.8) is 0 Å². The van der Waals surface area contributed by atoms with E-state index in [1.807, 2.05) is 77.1 Å². The van der Waals surface area contributed by atoms with E-state index in [9.17, 15) is 0 Å². The molecule has 6 aromatic heterocycles. The van der Waals surface area contributed by atoms with Crippen LogP contribution in [0.4, 0.5) is 0 Å². The van der Waals surface area contributed by atoms with Gasteiger partial charge in [0.15, 0.2) is 0 Å². The zero-order chi connectivity index (χ0) is 21.2. The third kappa shape index (κ3) is 19.1. The van der Waals surface area contributed by atoms with Crippen LogP contribution < -0.4 is 0 Å². The number of hydrogen-bond donors (Lipinski definition) is 2. The summed E-state index contributed by atoms with van der Waals surface area (Å²) < 4.78 is 12.7. The third-order valence-corrected chi connectivity index (χ3v) is 3.60. The number of aromatic nitrogens is 5. The summed E-state index contributed by atoms with van der Waals surface area (Å²) >= 11 is 3.18. The van der Waals surface area contributed by atoms with Crippen LogP contribution >= 0.6 is 22.9 Å². The van der Waals surface area contributed by atoms with Crippen LogP contribution in [0.1, 0.15) is 0 Å². The number of H-pyrrole nitrogens is 2. The molecule has 0 spiro atoms. The van der Waals surface area contributed by atoms with Crippen molar-refractivity contribution in [2.24, 2.45) is 0 Å². The maximum atomic E-state index is 4.58. The Kier molecular flexibility index (Phi) is 17.5. The minimum absolute atomic E-state index is 1.46. The van der Waals surface area contributed by atoms with Gasteiger partial charge in [-0.15, -0.1) is 0 Å². The summed E-state index contributed by atoms with van der Waals surface area (Å²) in [7, 11) is 0. The van der Waals surface area contributed by atoms with Gasteiger partial charge in [-0.25, -0.2) is 4.37 Å². The van der Waals surface area contributed by atoms with Crippen molar-refractivity contribution in [3.05, 3.63) is 127 Å². The normalized spacial score (nSPS) is 8.00. The summed E-state index contributed by atoms with van der Waals surface area (Å²) in [5.41, 5.74) is 0. The summed E-state index contributed by atoms with van der Waals surface area (Å²) in [5, 5.41) is 15.6. The van der Waals surface area contributed by atoms with E-state index < -0.39 is 0 Å². The predicted octanol–water partition coefficient (Wildman–Crippen LogP) is 6.27. The second kappa shape index (κ2) is 21.6. The van der Waals surface area contributed by atoms with Gasteiger partial charge < -0.3 is 13.9 Å². The quantitative estimate of drug-likeness (QED) is 0.289. The number of aromatic amines is 2. The van der Waals surface area contributed by atoms with Crippen LogP contribution in [0.5, 0.6) is 0 Å². The third-order valence-electron chi connectivity index (χ3n) is 2.45. The first-order chi connectivity index (χ1) is 15.0. The van der Waals surface area contributed by atoms with Gasteiger partial charge in [-0.1, -0.05) is 17.3 Å². The van der Waals surface area contributed by atoms with Gasteiger partial charge in [-0.3, -0.25) is 5.10 Å². The van der Waals surface area contributed by atoms with Crippen molar-refractivity contribution < 1.29 is 8.94 Å². The van der Waals surface area contributed by atoms with Gasteiger partial charge in [0.1, 0.15) is 6.26 Å². The van der Waals surface area contributed by atoms with Crippen LogP contribution in [0.3, 0.4) is 0 Å². The Labute approximate surface area is 183 Å². The molecule has 6 heterocycles. The lowest BCUT2D eigenvalue weighted by Gasteiger charge is -1.50. The Morgan fingerprint density at radius 1 is 0.633 bits per heavy atom. The standard InChI is InChI=1S/C4H5N.C4H4O.C4H4S.C3H4N2.C3H3NO.C3H3NS/c6*1-2-4-5-3-1/h1-5H;2*1-4H;1-3H,(H,4,5);2*1-3H. The van der Waals surface area contributed by atoms with E-state index in [-0.39, 0.29) is 0 Å². The summed E-state index contributed by atoms with van der Waals surface area (Å²) in [4.78, 5) is 2.86. The molecule has 0 aliphatic rings. The van der Waals surface area contributed by atoms with Crippen LogP contribution in [0, 0.1) is 0 Å². The lowest BCUT2D eigenvalue weighted by molar-refractivity contribution is 0.420. The lowest BCUT2D eigenvalue weighted by Crippen LogP contribution is -1.53. The number of nitrogens with zero attached hydrogens (tertiary/aromatic N) is 3. The van der Waals surface area contributed by atoms with E-state index in [0.717, 1.165) is 0 Å². The van der Waals surface area contributed by atoms with Gasteiger partial charge >= 0.3 is 0 Å². The highest BCUT2D eigenvalue weighted by Crippen LogP contribution is 1.91. The molecule has 30 heavy (non-hydrogen) atoms. The topological polar surface area (TPSA) is 96.5 Å². The number of nitrogens with one attached hydrogen (secondary N) is 2. The van der Waals surface area contributed by atoms with Crippen molar-refractivity contribution in [2.45, 2.75) is 0 Å². The van der Waals surface area contributed by atoms with Crippen molar-refractivity contribution in [2.75, 3.05) is 0 Å². The van der Waals surface area contributed by atoms with Crippen molar-refractivity contribution in [1.82, 2.24) is 24.7 Å². The average Bonchev–Trinajstić information content (AvgIpc) is 3.69. The monoisotopic (exact) mass is 441 g/mol. The minimum atomic E-state index is 1.46. The molecule has 2 N–H and O–H groups in total. The summed E-state index contributed by atoms with van der Waals surface area (Å²) in [6.45, 7) is 0. The largest absolute Gasteiger partial charge is 0.473 e. The zero-order valence-electron chi connectivity index (χ0n) is 16.1. The molecule has 0 unspecified atom stereocenters. The molecule has 6 rings (SSSR count). The van der Waals surface area contributed by atoms with Crippen LogP contribution in [0.2, 0.25) is 0 Å². The molecule has 0 aliphatic carbocycles. The molecule has 0 saturated carbocycles. The Balaban J connectivity index is 0.000000180. The number of hydrogen-bond acceptors (Lipinski definition) is 7. The summed E-state index contributed by atoms with van der Waals surface area (Å²) in [5.74, 6) is 0. The Hall–Kier alpha value is -3.69. The van der Waals surface area contributed by atoms with Gasteiger partial charge in [0.25, 0.3) is 0 Å². The molecular formula is C21H23N5O2S2. The molecule has 0 atom stereocenters. The lowest BCUT2D eigenvalue weighted by atomic mass is 10.7. The average molecular weight is 442 g/mol. The van der Waals surface area contributed by atoms with Crippen LogP contribution in [0.25, 0.3) is 0 Å². The fourth-order valence-corrected chi connectivity index (χ4v) is 2.10. The second-order valence-electron chi connectivity index (χ2n) is 4.61. The Morgan fingerprint density at radius 3 is 1.63 bits per heavy atom. The van der Waals surface area contributed by atoms with Gasteiger partial charge in [-0.05, 0) is 64.8 Å². The molecule has 0 aliphatic heterocycles. The molecule has 156 valence electrons. The number of rotatable bonds is 0. The smallest absolute Gasteiger partial charge is 0.123 e. The molecule has 0 amide bonds. The van der Waals surface area contributed by atoms with Gasteiger partial charge in [0, 0.05) is 36.4 Å². The molecule has 0 radical (unpaired) electrons. The fourth-order valence-electron chi connectivity index (χ4n) is 1.30. The SMILES string of the molecule is c1cc[nH]c1.c1ccoc1.c1ccsc1.c1cn[nH]c1.c1cnoc1.c1cnsc1. The summed E-state index contributed by atoms with van der Waals surface area (Å²) in [6, 6.07) is 17.1. The highest BCUT2D eigenvalue weighted by molar-refractivity contribution is 7.07. The number of furan rings is 1. The van der Waals surface area contributed by atoms with Crippen molar-refractivity contribution >= 4 is 22.9 Å². The summed E-state index contributed by atoms with van der Waals surface area (Å²) in [6.07, 6.45) is 15.3. The van der Waals surface area contributed by atoms with E-state index in [4.69, 9.17) is 0 Å². The molecule has 0 aromatic carbocycles. The van der Waals surface area contributed by atoms with Crippen molar-refractivity contribution in [3.8, 4) is 0 Å². The first kappa shape index (κ1) is 24.3. The first-order valence-corrected chi connectivity index (χ1v) is 10.4. The predicted molar refractivity (Wildman–Crippen MR) is 121 cm³/mol.